The van der Waals surface area contributed by atoms with E-state index in [9.17, 15) is 9.18 Å². The number of aliphatic hydroxyl groups excluding tert-OH is 1. The molecule has 2 aromatic carbocycles. The van der Waals surface area contributed by atoms with Crippen LogP contribution in [0.25, 0.3) is 10.9 Å². The topological polar surface area (TPSA) is 130 Å². The van der Waals surface area contributed by atoms with E-state index < -0.39 is 5.82 Å². The van der Waals surface area contributed by atoms with Crippen LogP contribution in [0.15, 0.2) is 55.0 Å². The molecule has 2 aromatic heterocycles. The van der Waals surface area contributed by atoms with Crippen molar-refractivity contribution in [1.29, 1.82) is 0 Å². The maximum absolute atomic E-state index is 13.3. The van der Waals surface area contributed by atoms with Crippen molar-refractivity contribution >= 4 is 34.1 Å². The van der Waals surface area contributed by atoms with Gasteiger partial charge < -0.3 is 25.4 Å². The molecule has 0 unspecified atom stereocenters. The summed E-state index contributed by atoms with van der Waals surface area (Å²) in [7, 11) is 0. The van der Waals surface area contributed by atoms with Gasteiger partial charge in [0, 0.05) is 30.2 Å². The van der Waals surface area contributed by atoms with Gasteiger partial charge in [-0.25, -0.2) is 19.0 Å². The molecule has 0 radical (unpaired) electrons. The van der Waals surface area contributed by atoms with Crippen molar-refractivity contribution in [3.63, 3.8) is 0 Å². The van der Waals surface area contributed by atoms with E-state index in [1.54, 1.807) is 12.3 Å². The summed E-state index contributed by atoms with van der Waals surface area (Å²) in [6.45, 7) is 5.09. The predicted octanol–water partition coefficient (Wildman–Crippen LogP) is 2.83. The third-order valence-electron chi connectivity index (χ3n) is 5.56. The van der Waals surface area contributed by atoms with Gasteiger partial charge in [-0.2, -0.15) is 0 Å². The van der Waals surface area contributed by atoms with Gasteiger partial charge in [0.2, 0.25) is 5.91 Å². The minimum atomic E-state index is -0.432. The SMILES string of the molecule is CCN(CCO)CCCOc1ccc2c(Nc3cn(CC(=O)Nc4cccc(F)c4)nn3)ncnc2c1. The quantitative estimate of drug-likeness (QED) is 0.233. The van der Waals surface area contributed by atoms with Crippen LogP contribution in [-0.2, 0) is 11.3 Å². The fraction of sp³-hybridized carbons (Fsp3) is 0.320. The summed E-state index contributed by atoms with van der Waals surface area (Å²) in [5, 5.41) is 23.6. The number of likely N-dealkylation sites (N-methyl/N-ethyl adjacent to an activating group) is 1. The number of carbonyl (C=O) groups is 1. The molecule has 0 atom stereocenters. The highest BCUT2D eigenvalue weighted by Gasteiger charge is 2.11. The van der Waals surface area contributed by atoms with Crippen molar-refractivity contribution in [3.8, 4) is 5.75 Å². The zero-order chi connectivity index (χ0) is 26.0. The lowest BCUT2D eigenvalue weighted by atomic mass is 10.2. The molecule has 37 heavy (non-hydrogen) atoms. The molecule has 0 aliphatic carbocycles. The standard InChI is InChI=1S/C25H29FN8O3/c1-2-33(10-11-35)9-4-12-37-20-7-8-21-22(14-20)27-17-28-25(21)30-23-15-34(32-31-23)16-24(36)29-19-6-3-5-18(26)13-19/h3,5-8,13-15,17,35H,2,4,9-12,16H2,1H3,(H,29,36)(H,27,28,30). The number of ether oxygens (including phenoxy) is 1. The highest BCUT2D eigenvalue weighted by molar-refractivity contribution is 5.91. The first kappa shape index (κ1) is 25.9. The molecule has 0 bridgehead atoms. The van der Waals surface area contributed by atoms with Gasteiger partial charge in [0.15, 0.2) is 5.82 Å². The number of carbonyl (C=O) groups excluding carboxylic acids is 1. The number of aliphatic hydroxyl groups is 1. The minimum absolute atomic E-state index is 0.0908. The van der Waals surface area contributed by atoms with Crippen molar-refractivity contribution < 1.29 is 19.0 Å². The number of hydrogen-bond acceptors (Lipinski definition) is 9. The summed E-state index contributed by atoms with van der Waals surface area (Å²) in [6.07, 6.45) is 3.87. The molecule has 1 amide bonds. The monoisotopic (exact) mass is 508 g/mol. The Bertz CT molecular complexity index is 1330. The smallest absolute Gasteiger partial charge is 0.246 e. The Morgan fingerprint density at radius 2 is 2.08 bits per heavy atom. The van der Waals surface area contributed by atoms with Crippen LogP contribution in [0.3, 0.4) is 0 Å². The van der Waals surface area contributed by atoms with Crippen molar-refractivity contribution in [2.24, 2.45) is 0 Å². The zero-order valence-corrected chi connectivity index (χ0v) is 20.5. The molecular formula is C25H29FN8O3. The molecule has 3 N–H and O–H groups in total. The Kier molecular flexibility index (Phi) is 8.89. The van der Waals surface area contributed by atoms with Crippen LogP contribution in [0.4, 0.5) is 21.7 Å². The molecule has 0 fully saturated rings. The molecule has 11 nitrogen and oxygen atoms in total. The Morgan fingerprint density at radius 3 is 2.89 bits per heavy atom. The Hall–Kier alpha value is -4.16. The van der Waals surface area contributed by atoms with Crippen LogP contribution in [-0.4, -0.2) is 73.7 Å². The van der Waals surface area contributed by atoms with E-state index in [1.807, 2.05) is 18.2 Å². The third-order valence-corrected chi connectivity index (χ3v) is 5.56. The molecule has 194 valence electrons. The van der Waals surface area contributed by atoms with Crippen LogP contribution in [0.2, 0.25) is 0 Å². The van der Waals surface area contributed by atoms with Gasteiger partial charge in [-0.15, -0.1) is 5.10 Å². The van der Waals surface area contributed by atoms with Gasteiger partial charge in [0.1, 0.15) is 30.3 Å². The number of aromatic nitrogens is 5. The van der Waals surface area contributed by atoms with Crippen LogP contribution < -0.4 is 15.4 Å². The number of benzene rings is 2. The van der Waals surface area contributed by atoms with Crippen LogP contribution in [0.1, 0.15) is 13.3 Å². The average molecular weight is 509 g/mol. The van der Waals surface area contributed by atoms with E-state index >= 15 is 0 Å². The van der Waals surface area contributed by atoms with Crippen molar-refractivity contribution in [1.82, 2.24) is 29.9 Å². The Balaban J connectivity index is 1.34. The molecule has 4 rings (SSSR count). The highest BCUT2D eigenvalue weighted by Crippen LogP contribution is 2.25. The van der Waals surface area contributed by atoms with Crippen LogP contribution in [0, 0.1) is 5.82 Å². The first-order valence-electron chi connectivity index (χ1n) is 12.0. The molecule has 2 heterocycles. The van der Waals surface area contributed by atoms with Crippen molar-refractivity contribution in [2.75, 3.05) is 43.5 Å². The molecule has 0 aliphatic heterocycles. The number of fused-ring (bicyclic) bond motifs is 1. The van der Waals surface area contributed by atoms with Gasteiger partial charge >= 0.3 is 0 Å². The number of anilines is 3. The second kappa shape index (κ2) is 12.7. The second-order valence-electron chi connectivity index (χ2n) is 8.25. The fourth-order valence-electron chi connectivity index (χ4n) is 3.74. The lowest BCUT2D eigenvalue weighted by Crippen LogP contribution is -2.28. The molecule has 0 aliphatic rings. The summed E-state index contributed by atoms with van der Waals surface area (Å²) in [5.74, 6) is 0.853. The summed E-state index contributed by atoms with van der Waals surface area (Å²) >= 11 is 0. The maximum Gasteiger partial charge on any atom is 0.246 e. The first-order chi connectivity index (χ1) is 18.0. The van der Waals surface area contributed by atoms with Gasteiger partial charge in [-0.1, -0.05) is 18.2 Å². The first-order valence-corrected chi connectivity index (χ1v) is 12.0. The number of nitrogens with one attached hydrogen (secondary N) is 2. The van der Waals surface area contributed by atoms with Gasteiger partial charge in [0.25, 0.3) is 0 Å². The van der Waals surface area contributed by atoms with Crippen LogP contribution in [0.5, 0.6) is 5.75 Å². The van der Waals surface area contributed by atoms with E-state index in [-0.39, 0.29) is 19.1 Å². The zero-order valence-electron chi connectivity index (χ0n) is 20.5. The van der Waals surface area contributed by atoms with Crippen LogP contribution >= 0.6 is 0 Å². The lowest BCUT2D eigenvalue weighted by molar-refractivity contribution is -0.116. The molecule has 4 aromatic rings. The van der Waals surface area contributed by atoms with E-state index in [0.29, 0.717) is 41.7 Å². The molecule has 0 spiro atoms. The Morgan fingerprint density at radius 1 is 1.19 bits per heavy atom. The highest BCUT2D eigenvalue weighted by atomic mass is 19.1. The largest absolute Gasteiger partial charge is 0.493 e. The average Bonchev–Trinajstić information content (AvgIpc) is 3.32. The van der Waals surface area contributed by atoms with E-state index in [0.717, 1.165) is 24.9 Å². The predicted molar refractivity (Wildman–Crippen MR) is 137 cm³/mol. The number of nitrogens with zero attached hydrogens (tertiary/aromatic N) is 6. The third kappa shape index (κ3) is 7.41. The van der Waals surface area contributed by atoms with Crippen molar-refractivity contribution in [3.05, 3.63) is 60.8 Å². The summed E-state index contributed by atoms with van der Waals surface area (Å²) in [5.41, 5.74) is 1.07. The summed E-state index contributed by atoms with van der Waals surface area (Å²) in [4.78, 5) is 23.1. The lowest BCUT2D eigenvalue weighted by Gasteiger charge is -2.18. The van der Waals surface area contributed by atoms with Crippen molar-refractivity contribution in [2.45, 2.75) is 19.9 Å². The van der Waals surface area contributed by atoms with Gasteiger partial charge in [-0.3, -0.25) is 4.79 Å². The molecule has 0 saturated carbocycles. The van der Waals surface area contributed by atoms with E-state index in [2.05, 4.69) is 42.7 Å². The number of rotatable bonds is 13. The number of amides is 1. The minimum Gasteiger partial charge on any atom is -0.493 e. The van der Waals surface area contributed by atoms with E-state index in [1.165, 1.54) is 29.2 Å². The molecular weight excluding hydrogens is 479 g/mol. The van der Waals surface area contributed by atoms with Gasteiger partial charge in [-0.05, 0) is 43.3 Å². The summed E-state index contributed by atoms with van der Waals surface area (Å²) < 4.78 is 20.6. The Labute approximate surface area is 213 Å². The molecule has 0 saturated heterocycles. The summed E-state index contributed by atoms with van der Waals surface area (Å²) in [6, 6.07) is 11.2. The molecule has 12 heteroatoms. The normalized spacial score (nSPS) is 11.1. The number of hydrogen-bond donors (Lipinski definition) is 3. The van der Waals surface area contributed by atoms with Gasteiger partial charge in [0.05, 0.1) is 24.9 Å². The number of halogens is 1. The second-order valence-corrected chi connectivity index (χ2v) is 8.25. The van der Waals surface area contributed by atoms with E-state index in [4.69, 9.17) is 9.84 Å². The maximum atomic E-state index is 13.3. The fourth-order valence-corrected chi connectivity index (χ4v) is 3.74.